The second-order valence-corrected chi connectivity index (χ2v) is 7.17. The van der Waals surface area contributed by atoms with E-state index in [0.717, 1.165) is 33.9 Å². The molecule has 0 bridgehead atoms. The van der Waals surface area contributed by atoms with Crippen LogP contribution in [0.15, 0.2) is 47.1 Å². The SMILES string of the molecule is Cc1sc2nc(-c3ccno3)nc(NCCc3ccccc3)c2c1Cl. The molecule has 0 aliphatic carbocycles. The summed E-state index contributed by atoms with van der Waals surface area (Å²) in [4.78, 5) is 11.0. The van der Waals surface area contributed by atoms with Crippen molar-refractivity contribution in [2.75, 3.05) is 11.9 Å². The normalized spacial score (nSPS) is 11.1. The quantitative estimate of drug-likeness (QED) is 0.537. The second-order valence-electron chi connectivity index (χ2n) is 5.59. The Morgan fingerprint density at radius 2 is 2.00 bits per heavy atom. The van der Waals surface area contributed by atoms with Gasteiger partial charge >= 0.3 is 0 Å². The largest absolute Gasteiger partial charge is 0.369 e. The molecule has 0 radical (unpaired) electrons. The number of halogens is 1. The highest BCUT2D eigenvalue weighted by atomic mass is 35.5. The van der Waals surface area contributed by atoms with Gasteiger partial charge in [0, 0.05) is 17.5 Å². The Kier molecular flexibility index (Phi) is 4.38. The van der Waals surface area contributed by atoms with Crippen LogP contribution >= 0.6 is 22.9 Å². The van der Waals surface area contributed by atoms with Crippen molar-refractivity contribution in [1.82, 2.24) is 15.1 Å². The van der Waals surface area contributed by atoms with Crippen LogP contribution in [0, 0.1) is 6.92 Å². The van der Waals surface area contributed by atoms with Crippen LogP contribution in [-0.2, 0) is 6.42 Å². The number of rotatable bonds is 5. The van der Waals surface area contributed by atoms with Gasteiger partial charge in [0.05, 0.1) is 16.6 Å². The third kappa shape index (κ3) is 3.23. The average Bonchev–Trinajstić information content (AvgIpc) is 3.25. The number of hydrogen-bond acceptors (Lipinski definition) is 6. The van der Waals surface area contributed by atoms with E-state index < -0.39 is 0 Å². The van der Waals surface area contributed by atoms with E-state index in [1.807, 2.05) is 25.1 Å². The highest BCUT2D eigenvalue weighted by molar-refractivity contribution is 7.19. The van der Waals surface area contributed by atoms with Crippen molar-refractivity contribution in [3.8, 4) is 11.6 Å². The number of benzene rings is 1. The molecular formula is C18H15ClN4OS. The summed E-state index contributed by atoms with van der Waals surface area (Å²) in [6.07, 6.45) is 2.47. The summed E-state index contributed by atoms with van der Waals surface area (Å²) in [5, 5.41) is 8.70. The Morgan fingerprint density at radius 1 is 1.16 bits per heavy atom. The minimum atomic E-state index is 0.505. The molecule has 0 saturated heterocycles. The van der Waals surface area contributed by atoms with Crippen molar-refractivity contribution in [2.24, 2.45) is 0 Å². The molecule has 0 saturated carbocycles. The fourth-order valence-corrected chi connectivity index (χ4v) is 3.88. The third-order valence-electron chi connectivity index (χ3n) is 3.86. The zero-order chi connectivity index (χ0) is 17.2. The van der Waals surface area contributed by atoms with Crippen LogP contribution in [-0.4, -0.2) is 21.7 Å². The van der Waals surface area contributed by atoms with E-state index in [1.165, 1.54) is 5.56 Å². The Bertz CT molecular complexity index is 999. The monoisotopic (exact) mass is 370 g/mol. The topological polar surface area (TPSA) is 63.8 Å². The van der Waals surface area contributed by atoms with E-state index in [4.69, 9.17) is 16.1 Å². The van der Waals surface area contributed by atoms with Crippen LogP contribution in [0.1, 0.15) is 10.4 Å². The lowest BCUT2D eigenvalue weighted by Gasteiger charge is -2.08. The number of thiophene rings is 1. The number of anilines is 1. The van der Waals surface area contributed by atoms with Crippen LogP contribution in [0.2, 0.25) is 5.02 Å². The van der Waals surface area contributed by atoms with Crippen LogP contribution in [0.3, 0.4) is 0 Å². The van der Waals surface area contributed by atoms with E-state index in [2.05, 4.69) is 32.6 Å². The van der Waals surface area contributed by atoms with E-state index >= 15 is 0 Å². The van der Waals surface area contributed by atoms with Crippen LogP contribution in [0.4, 0.5) is 5.82 Å². The van der Waals surface area contributed by atoms with Gasteiger partial charge in [0.1, 0.15) is 10.6 Å². The van der Waals surface area contributed by atoms with Crippen molar-refractivity contribution in [1.29, 1.82) is 0 Å². The zero-order valence-corrected chi connectivity index (χ0v) is 15.1. The van der Waals surface area contributed by atoms with Crippen LogP contribution in [0.5, 0.6) is 0 Å². The van der Waals surface area contributed by atoms with Gasteiger partial charge in [-0.15, -0.1) is 11.3 Å². The first-order chi connectivity index (χ1) is 12.2. The van der Waals surface area contributed by atoms with Crippen molar-refractivity contribution in [3.05, 3.63) is 58.1 Å². The van der Waals surface area contributed by atoms with Crippen molar-refractivity contribution >= 4 is 39.0 Å². The molecule has 0 aliphatic rings. The molecule has 126 valence electrons. The molecule has 4 aromatic rings. The van der Waals surface area contributed by atoms with Gasteiger partial charge in [-0.1, -0.05) is 47.1 Å². The van der Waals surface area contributed by atoms with Gasteiger partial charge in [-0.05, 0) is 18.9 Å². The van der Waals surface area contributed by atoms with Gasteiger partial charge in [0.15, 0.2) is 0 Å². The number of hydrogen-bond donors (Lipinski definition) is 1. The van der Waals surface area contributed by atoms with Gasteiger partial charge < -0.3 is 9.84 Å². The van der Waals surface area contributed by atoms with E-state index in [1.54, 1.807) is 23.6 Å². The predicted octanol–water partition coefficient (Wildman–Crippen LogP) is 4.96. The fourth-order valence-electron chi connectivity index (χ4n) is 2.62. The van der Waals surface area contributed by atoms with Gasteiger partial charge in [0.25, 0.3) is 0 Å². The number of nitrogens with one attached hydrogen (secondary N) is 1. The number of nitrogens with zero attached hydrogens (tertiary/aromatic N) is 3. The highest BCUT2D eigenvalue weighted by Gasteiger charge is 2.17. The number of aromatic nitrogens is 3. The summed E-state index contributed by atoms with van der Waals surface area (Å²) in [5.41, 5.74) is 1.27. The van der Waals surface area contributed by atoms with Crippen LogP contribution < -0.4 is 5.32 Å². The summed E-state index contributed by atoms with van der Waals surface area (Å²) in [6.45, 7) is 2.73. The molecule has 3 heterocycles. The average molecular weight is 371 g/mol. The van der Waals surface area contributed by atoms with Crippen molar-refractivity contribution in [3.63, 3.8) is 0 Å². The molecule has 1 aromatic carbocycles. The first-order valence-corrected chi connectivity index (χ1v) is 9.07. The molecule has 25 heavy (non-hydrogen) atoms. The molecule has 0 unspecified atom stereocenters. The third-order valence-corrected chi connectivity index (χ3v) is 5.44. The Morgan fingerprint density at radius 3 is 2.76 bits per heavy atom. The lowest BCUT2D eigenvalue weighted by molar-refractivity contribution is 0.430. The zero-order valence-electron chi connectivity index (χ0n) is 13.5. The summed E-state index contributed by atoms with van der Waals surface area (Å²) in [6, 6.07) is 12.1. The predicted molar refractivity (Wildman–Crippen MR) is 101 cm³/mol. The smallest absolute Gasteiger partial charge is 0.204 e. The molecule has 4 rings (SSSR count). The Labute approximate surface area is 153 Å². The number of aryl methyl sites for hydroxylation is 1. The van der Waals surface area contributed by atoms with E-state index in [0.29, 0.717) is 16.6 Å². The Balaban J connectivity index is 1.68. The van der Waals surface area contributed by atoms with Crippen molar-refractivity contribution < 1.29 is 4.52 Å². The van der Waals surface area contributed by atoms with E-state index in [-0.39, 0.29) is 0 Å². The summed E-state index contributed by atoms with van der Waals surface area (Å²) >= 11 is 8.02. The fraction of sp³-hybridized carbons (Fsp3) is 0.167. The number of fused-ring (bicyclic) bond motifs is 1. The first-order valence-electron chi connectivity index (χ1n) is 7.88. The second kappa shape index (κ2) is 6.82. The molecule has 7 heteroatoms. The lowest BCUT2D eigenvalue weighted by atomic mass is 10.1. The molecule has 5 nitrogen and oxygen atoms in total. The minimum Gasteiger partial charge on any atom is -0.369 e. The Hall–Kier alpha value is -2.44. The van der Waals surface area contributed by atoms with Gasteiger partial charge in [0.2, 0.25) is 11.6 Å². The maximum atomic E-state index is 6.47. The molecule has 0 spiro atoms. The lowest BCUT2D eigenvalue weighted by Crippen LogP contribution is -2.07. The summed E-state index contributed by atoms with van der Waals surface area (Å²) in [5.74, 6) is 1.77. The van der Waals surface area contributed by atoms with Gasteiger partial charge in [-0.25, -0.2) is 9.97 Å². The van der Waals surface area contributed by atoms with Crippen LogP contribution in [0.25, 0.3) is 21.8 Å². The first kappa shape index (κ1) is 16.1. The minimum absolute atomic E-state index is 0.505. The van der Waals surface area contributed by atoms with Gasteiger partial charge in [-0.2, -0.15) is 0 Å². The maximum absolute atomic E-state index is 6.47. The summed E-state index contributed by atoms with van der Waals surface area (Å²) < 4.78 is 5.20. The van der Waals surface area contributed by atoms with Gasteiger partial charge in [-0.3, -0.25) is 0 Å². The maximum Gasteiger partial charge on any atom is 0.204 e. The summed E-state index contributed by atoms with van der Waals surface area (Å²) in [7, 11) is 0. The standard InChI is InChI=1S/C18H15ClN4OS/c1-11-15(19)14-17(20-9-7-12-5-3-2-4-6-12)22-16(23-18(14)25-11)13-8-10-21-24-13/h2-6,8,10H,7,9H2,1H3,(H,20,22,23). The molecular weight excluding hydrogens is 356 g/mol. The molecule has 0 atom stereocenters. The molecule has 1 N–H and O–H groups in total. The highest BCUT2D eigenvalue weighted by Crippen LogP contribution is 2.38. The molecule has 3 aromatic heterocycles. The van der Waals surface area contributed by atoms with Crippen molar-refractivity contribution in [2.45, 2.75) is 13.3 Å². The van der Waals surface area contributed by atoms with E-state index in [9.17, 15) is 0 Å². The molecule has 0 amide bonds. The molecule has 0 fully saturated rings. The molecule has 0 aliphatic heterocycles.